The maximum atomic E-state index is 12.3. The van der Waals surface area contributed by atoms with Crippen LogP contribution in [0.3, 0.4) is 0 Å². The molecular weight excluding hydrogens is 316 g/mol. The molecule has 1 heterocycles. The lowest BCUT2D eigenvalue weighted by Gasteiger charge is -2.09. The highest BCUT2D eigenvalue weighted by molar-refractivity contribution is 6.34. The predicted octanol–water partition coefficient (Wildman–Crippen LogP) is 2.61. The molecule has 0 spiro atoms. The van der Waals surface area contributed by atoms with Crippen LogP contribution < -0.4 is 10.6 Å². The SMILES string of the molecule is CC(=O)Nc1ccc(Cl)c(C(=O)NCCc2c(C)n[nH]c2C)c1. The van der Waals surface area contributed by atoms with E-state index in [1.165, 1.54) is 6.92 Å². The molecule has 0 aliphatic heterocycles. The number of anilines is 1. The minimum absolute atomic E-state index is 0.204. The lowest BCUT2D eigenvalue weighted by atomic mass is 10.1. The van der Waals surface area contributed by atoms with Crippen LogP contribution in [0.1, 0.15) is 34.2 Å². The Labute approximate surface area is 139 Å². The highest BCUT2D eigenvalue weighted by atomic mass is 35.5. The van der Waals surface area contributed by atoms with E-state index in [1.54, 1.807) is 18.2 Å². The molecule has 23 heavy (non-hydrogen) atoms. The van der Waals surface area contributed by atoms with Crippen LogP contribution in [0, 0.1) is 13.8 Å². The average molecular weight is 335 g/mol. The van der Waals surface area contributed by atoms with Crippen LogP contribution in [-0.4, -0.2) is 28.6 Å². The van der Waals surface area contributed by atoms with Crippen molar-refractivity contribution < 1.29 is 9.59 Å². The molecule has 0 atom stereocenters. The molecule has 3 N–H and O–H groups in total. The first-order valence-corrected chi connectivity index (χ1v) is 7.62. The number of hydrogen-bond donors (Lipinski definition) is 3. The second-order valence-electron chi connectivity index (χ2n) is 5.29. The number of rotatable bonds is 5. The molecule has 0 aliphatic carbocycles. The fourth-order valence-corrected chi connectivity index (χ4v) is 2.52. The Kier molecular flexibility index (Phi) is 5.39. The van der Waals surface area contributed by atoms with E-state index in [0.717, 1.165) is 17.0 Å². The number of carbonyl (C=O) groups is 2. The monoisotopic (exact) mass is 334 g/mol. The molecule has 0 unspecified atom stereocenters. The number of hydrogen-bond acceptors (Lipinski definition) is 3. The summed E-state index contributed by atoms with van der Waals surface area (Å²) in [4.78, 5) is 23.4. The van der Waals surface area contributed by atoms with Crippen molar-refractivity contribution in [1.82, 2.24) is 15.5 Å². The Balaban J connectivity index is 2.01. The Morgan fingerprint density at radius 3 is 2.65 bits per heavy atom. The maximum absolute atomic E-state index is 12.3. The van der Waals surface area contributed by atoms with Gasteiger partial charge in [-0.05, 0) is 44.0 Å². The predicted molar refractivity (Wildman–Crippen MR) is 89.9 cm³/mol. The van der Waals surface area contributed by atoms with Crippen molar-refractivity contribution in [3.63, 3.8) is 0 Å². The molecule has 0 saturated carbocycles. The summed E-state index contributed by atoms with van der Waals surface area (Å²) in [5.74, 6) is -0.481. The van der Waals surface area contributed by atoms with Gasteiger partial charge in [0, 0.05) is 24.8 Å². The largest absolute Gasteiger partial charge is 0.352 e. The van der Waals surface area contributed by atoms with Crippen molar-refractivity contribution in [2.24, 2.45) is 0 Å². The summed E-state index contributed by atoms with van der Waals surface area (Å²) in [5.41, 5.74) is 3.90. The van der Waals surface area contributed by atoms with E-state index in [0.29, 0.717) is 29.2 Å². The third-order valence-electron chi connectivity index (χ3n) is 3.47. The van der Waals surface area contributed by atoms with Crippen molar-refractivity contribution in [3.8, 4) is 0 Å². The molecular formula is C16H19ClN4O2. The topological polar surface area (TPSA) is 86.9 Å². The van der Waals surface area contributed by atoms with Gasteiger partial charge in [0.25, 0.3) is 5.91 Å². The van der Waals surface area contributed by atoms with Crippen molar-refractivity contribution in [3.05, 3.63) is 45.7 Å². The van der Waals surface area contributed by atoms with Gasteiger partial charge in [0.2, 0.25) is 5.91 Å². The van der Waals surface area contributed by atoms with Crippen molar-refractivity contribution in [2.45, 2.75) is 27.2 Å². The number of aromatic amines is 1. The Hall–Kier alpha value is -2.34. The Bertz CT molecular complexity index is 720. The highest BCUT2D eigenvalue weighted by Crippen LogP contribution is 2.20. The number of aryl methyl sites for hydroxylation is 2. The fraction of sp³-hybridized carbons (Fsp3) is 0.312. The molecule has 7 heteroatoms. The van der Waals surface area contributed by atoms with Gasteiger partial charge in [-0.25, -0.2) is 0 Å². The second-order valence-corrected chi connectivity index (χ2v) is 5.70. The standard InChI is InChI=1S/C16H19ClN4O2/c1-9-13(10(2)21-20-9)6-7-18-16(23)14-8-12(19-11(3)22)4-5-15(14)17/h4-5,8H,6-7H2,1-3H3,(H,18,23)(H,19,22)(H,20,21). The van der Waals surface area contributed by atoms with Gasteiger partial charge in [-0.3, -0.25) is 14.7 Å². The molecule has 122 valence electrons. The van der Waals surface area contributed by atoms with Gasteiger partial charge < -0.3 is 10.6 Å². The second kappa shape index (κ2) is 7.28. The van der Waals surface area contributed by atoms with Crippen LogP contribution in [0.15, 0.2) is 18.2 Å². The number of benzene rings is 1. The summed E-state index contributed by atoms with van der Waals surface area (Å²) in [5, 5.41) is 12.8. The molecule has 6 nitrogen and oxygen atoms in total. The lowest BCUT2D eigenvalue weighted by molar-refractivity contribution is -0.114. The van der Waals surface area contributed by atoms with Gasteiger partial charge >= 0.3 is 0 Å². The van der Waals surface area contributed by atoms with Gasteiger partial charge in [0.05, 0.1) is 16.3 Å². The van der Waals surface area contributed by atoms with E-state index in [9.17, 15) is 9.59 Å². The minimum atomic E-state index is -0.277. The summed E-state index contributed by atoms with van der Waals surface area (Å²) in [6, 6.07) is 4.80. The van der Waals surface area contributed by atoms with Crippen molar-refractivity contribution >= 4 is 29.1 Å². The van der Waals surface area contributed by atoms with E-state index in [4.69, 9.17) is 11.6 Å². The van der Waals surface area contributed by atoms with Crippen LogP contribution in [0.2, 0.25) is 5.02 Å². The normalized spacial score (nSPS) is 10.4. The van der Waals surface area contributed by atoms with E-state index >= 15 is 0 Å². The van der Waals surface area contributed by atoms with Gasteiger partial charge in [-0.1, -0.05) is 11.6 Å². The van der Waals surface area contributed by atoms with Gasteiger partial charge in [-0.15, -0.1) is 0 Å². The van der Waals surface area contributed by atoms with Crippen molar-refractivity contribution in [1.29, 1.82) is 0 Å². The lowest BCUT2D eigenvalue weighted by Crippen LogP contribution is -2.26. The zero-order valence-corrected chi connectivity index (χ0v) is 14.0. The first-order valence-electron chi connectivity index (χ1n) is 7.24. The van der Waals surface area contributed by atoms with Gasteiger partial charge in [0.15, 0.2) is 0 Å². The number of H-pyrrole nitrogens is 1. The van der Waals surface area contributed by atoms with E-state index in [2.05, 4.69) is 20.8 Å². The quantitative estimate of drug-likeness (QED) is 0.785. The molecule has 2 amide bonds. The minimum Gasteiger partial charge on any atom is -0.352 e. The molecule has 0 bridgehead atoms. The number of aromatic nitrogens is 2. The zero-order valence-electron chi connectivity index (χ0n) is 13.3. The number of carbonyl (C=O) groups excluding carboxylic acids is 2. The van der Waals surface area contributed by atoms with Crippen LogP contribution in [-0.2, 0) is 11.2 Å². The summed E-state index contributed by atoms with van der Waals surface area (Å²) in [6.45, 7) is 5.75. The fourth-order valence-electron chi connectivity index (χ4n) is 2.32. The maximum Gasteiger partial charge on any atom is 0.252 e. The molecule has 0 fully saturated rings. The van der Waals surface area contributed by atoms with Crippen LogP contribution in [0.5, 0.6) is 0 Å². The van der Waals surface area contributed by atoms with E-state index < -0.39 is 0 Å². The molecule has 2 rings (SSSR count). The summed E-state index contributed by atoms with van der Waals surface area (Å²) in [7, 11) is 0. The third kappa shape index (κ3) is 4.32. The third-order valence-corrected chi connectivity index (χ3v) is 3.80. The Morgan fingerprint density at radius 2 is 2.04 bits per heavy atom. The smallest absolute Gasteiger partial charge is 0.252 e. The number of nitrogens with one attached hydrogen (secondary N) is 3. The van der Waals surface area contributed by atoms with E-state index in [1.807, 2.05) is 13.8 Å². The summed E-state index contributed by atoms with van der Waals surface area (Å²) < 4.78 is 0. The molecule has 1 aromatic carbocycles. The van der Waals surface area contributed by atoms with Crippen LogP contribution in [0.4, 0.5) is 5.69 Å². The summed E-state index contributed by atoms with van der Waals surface area (Å²) in [6.07, 6.45) is 0.683. The zero-order chi connectivity index (χ0) is 17.0. The van der Waals surface area contributed by atoms with E-state index in [-0.39, 0.29) is 11.8 Å². The molecule has 0 aliphatic rings. The molecule has 2 aromatic rings. The molecule has 1 aromatic heterocycles. The van der Waals surface area contributed by atoms with Gasteiger partial charge in [0.1, 0.15) is 0 Å². The number of nitrogens with zero attached hydrogens (tertiary/aromatic N) is 1. The highest BCUT2D eigenvalue weighted by Gasteiger charge is 2.12. The van der Waals surface area contributed by atoms with Gasteiger partial charge in [-0.2, -0.15) is 5.10 Å². The molecule has 0 saturated heterocycles. The average Bonchev–Trinajstić information content (AvgIpc) is 2.80. The number of halogens is 1. The van der Waals surface area contributed by atoms with Crippen molar-refractivity contribution in [2.75, 3.05) is 11.9 Å². The number of amides is 2. The molecule has 0 radical (unpaired) electrons. The van der Waals surface area contributed by atoms with Crippen LogP contribution >= 0.6 is 11.6 Å². The van der Waals surface area contributed by atoms with Crippen LogP contribution in [0.25, 0.3) is 0 Å². The first kappa shape index (κ1) is 17.0. The summed E-state index contributed by atoms with van der Waals surface area (Å²) >= 11 is 6.07. The Morgan fingerprint density at radius 1 is 1.30 bits per heavy atom. The first-order chi connectivity index (χ1) is 10.9.